The Morgan fingerprint density at radius 1 is 1.04 bits per heavy atom. The molecular formula is C16H17N3O6S2. The molecule has 0 unspecified atom stereocenters. The number of alkyl carbamates (subject to hydrolysis) is 1. The first-order chi connectivity index (χ1) is 12.7. The first kappa shape index (κ1) is 20.6. The van der Waals surface area contributed by atoms with Gasteiger partial charge in [-0.25, -0.2) is 17.5 Å². The maximum atomic E-state index is 12.4. The standard InChI is InChI=1S/C16H17N3O6S2/c1-19(2)27(23,24)11-6-4-10(5-7-11)13(20)17-15-12(8-9-26-15)14(21)18-16(22)25-3/h4-9H,1-3H3,(H,17,20)(H,18,21,22). The van der Waals surface area contributed by atoms with Gasteiger partial charge in [0.1, 0.15) is 5.00 Å². The summed E-state index contributed by atoms with van der Waals surface area (Å²) in [4.78, 5) is 35.6. The molecule has 2 aromatic rings. The Kier molecular flexibility index (Phi) is 6.31. The van der Waals surface area contributed by atoms with Crippen molar-refractivity contribution in [3.8, 4) is 0 Å². The second kappa shape index (κ2) is 8.29. The van der Waals surface area contributed by atoms with E-state index in [0.717, 1.165) is 22.8 Å². The number of carbonyl (C=O) groups excluding carboxylic acids is 3. The Bertz CT molecular complexity index is 964. The molecular weight excluding hydrogens is 394 g/mol. The lowest BCUT2D eigenvalue weighted by Crippen LogP contribution is -2.30. The molecule has 11 heteroatoms. The van der Waals surface area contributed by atoms with E-state index < -0.39 is 27.9 Å². The van der Waals surface area contributed by atoms with E-state index in [1.54, 1.807) is 5.38 Å². The largest absolute Gasteiger partial charge is 0.453 e. The van der Waals surface area contributed by atoms with E-state index >= 15 is 0 Å². The van der Waals surface area contributed by atoms with Gasteiger partial charge in [0.15, 0.2) is 0 Å². The number of thiophene rings is 1. The summed E-state index contributed by atoms with van der Waals surface area (Å²) in [5, 5.41) is 6.39. The number of sulfonamides is 1. The quantitative estimate of drug-likeness (QED) is 0.773. The number of ether oxygens (including phenoxy) is 1. The number of nitrogens with zero attached hydrogens (tertiary/aromatic N) is 1. The molecule has 1 heterocycles. The van der Waals surface area contributed by atoms with E-state index in [0.29, 0.717) is 0 Å². The molecule has 2 N–H and O–H groups in total. The molecule has 2 rings (SSSR count). The van der Waals surface area contributed by atoms with Crippen LogP contribution in [-0.4, -0.2) is 51.8 Å². The molecule has 0 bridgehead atoms. The fraction of sp³-hybridized carbons (Fsp3) is 0.188. The highest BCUT2D eigenvalue weighted by atomic mass is 32.2. The number of anilines is 1. The molecule has 0 aliphatic carbocycles. The van der Waals surface area contributed by atoms with E-state index in [2.05, 4.69) is 10.1 Å². The van der Waals surface area contributed by atoms with Gasteiger partial charge in [-0.05, 0) is 35.7 Å². The predicted molar refractivity (Wildman–Crippen MR) is 99.5 cm³/mol. The Hall–Kier alpha value is -2.76. The maximum Gasteiger partial charge on any atom is 0.413 e. The normalized spacial score (nSPS) is 11.1. The lowest BCUT2D eigenvalue weighted by molar-refractivity contribution is 0.0938. The molecule has 1 aromatic heterocycles. The summed E-state index contributed by atoms with van der Waals surface area (Å²) in [7, 11) is 0.350. The molecule has 0 saturated carbocycles. The smallest absolute Gasteiger partial charge is 0.413 e. The van der Waals surface area contributed by atoms with Crippen LogP contribution in [0.25, 0.3) is 0 Å². The minimum Gasteiger partial charge on any atom is -0.453 e. The molecule has 0 fully saturated rings. The number of carbonyl (C=O) groups is 3. The fourth-order valence-corrected chi connectivity index (χ4v) is 3.64. The second-order valence-corrected chi connectivity index (χ2v) is 8.44. The summed E-state index contributed by atoms with van der Waals surface area (Å²) >= 11 is 1.10. The first-order valence-electron chi connectivity index (χ1n) is 7.47. The highest BCUT2D eigenvalue weighted by Gasteiger charge is 2.20. The van der Waals surface area contributed by atoms with Crippen LogP contribution in [0.2, 0.25) is 0 Å². The van der Waals surface area contributed by atoms with Crippen molar-refractivity contribution < 1.29 is 27.5 Å². The third kappa shape index (κ3) is 4.70. The number of hydrogen-bond donors (Lipinski definition) is 2. The van der Waals surface area contributed by atoms with Gasteiger partial charge >= 0.3 is 6.09 Å². The molecule has 3 amide bonds. The fourth-order valence-electron chi connectivity index (χ4n) is 1.96. The van der Waals surface area contributed by atoms with Crippen LogP contribution in [0.15, 0.2) is 40.6 Å². The van der Waals surface area contributed by atoms with Crippen molar-refractivity contribution in [1.82, 2.24) is 9.62 Å². The number of hydrogen-bond acceptors (Lipinski definition) is 7. The Morgan fingerprint density at radius 3 is 2.22 bits per heavy atom. The highest BCUT2D eigenvalue weighted by molar-refractivity contribution is 7.89. The molecule has 0 atom stereocenters. The van der Waals surface area contributed by atoms with Crippen molar-refractivity contribution in [1.29, 1.82) is 0 Å². The molecule has 27 heavy (non-hydrogen) atoms. The van der Waals surface area contributed by atoms with Crippen LogP contribution in [0.4, 0.5) is 9.80 Å². The van der Waals surface area contributed by atoms with Crippen LogP contribution in [-0.2, 0) is 14.8 Å². The van der Waals surface area contributed by atoms with Gasteiger partial charge in [0, 0.05) is 19.7 Å². The van der Waals surface area contributed by atoms with Crippen molar-refractivity contribution in [3.63, 3.8) is 0 Å². The van der Waals surface area contributed by atoms with Crippen molar-refractivity contribution in [2.75, 3.05) is 26.5 Å². The number of rotatable bonds is 5. The molecule has 144 valence electrons. The minimum absolute atomic E-state index is 0.0540. The van der Waals surface area contributed by atoms with Gasteiger partial charge in [-0.2, -0.15) is 0 Å². The summed E-state index contributed by atoms with van der Waals surface area (Å²) in [5.74, 6) is -1.25. The zero-order valence-corrected chi connectivity index (χ0v) is 16.3. The number of amides is 3. The monoisotopic (exact) mass is 411 g/mol. The zero-order valence-electron chi connectivity index (χ0n) is 14.7. The Labute approximate surface area is 160 Å². The average Bonchev–Trinajstić information content (AvgIpc) is 3.09. The van der Waals surface area contributed by atoms with Gasteiger partial charge < -0.3 is 10.1 Å². The van der Waals surface area contributed by atoms with Crippen LogP contribution >= 0.6 is 11.3 Å². The van der Waals surface area contributed by atoms with E-state index in [1.807, 2.05) is 5.32 Å². The third-order valence-electron chi connectivity index (χ3n) is 3.43. The van der Waals surface area contributed by atoms with Crippen LogP contribution in [0.3, 0.4) is 0 Å². The molecule has 0 aliphatic heterocycles. The zero-order chi connectivity index (χ0) is 20.2. The highest BCUT2D eigenvalue weighted by Crippen LogP contribution is 2.24. The number of benzene rings is 1. The molecule has 0 radical (unpaired) electrons. The molecule has 1 aromatic carbocycles. The number of nitrogens with one attached hydrogen (secondary N) is 2. The van der Waals surface area contributed by atoms with E-state index in [-0.39, 0.29) is 21.0 Å². The lowest BCUT2D eigenvalue weighted by atomic mass is 10.2. The van der Waals surface area contributed by atoms with Crippen LogP contribution < -0.4 is 10.6 Å². The topological polar surface area (TPSA) is 122 Å². The van der Waals surface area contributed by atoms with Gasteiger partial charge in [0.05, 0.1) is 17.6 Å². The van der Waals surface area contributed by atoms with Crippen LogP contribution in [0.5, 0.6) is 0 Å². The summed E-state index contributed by atoms with van der Waals surface area (Å²) in [6.07, 6.45) is -0.916. The van der Waals surface area contributed by atoms with Crippen molar-refractivity contribution in [3.05, 3.63) is 46.8 Å². The van der Waals surface area contributed by atoms with Gasteiger partial charge in [-0.3, -0.25) is 14.9 Å². The Balaban J connectivity index is 2.16. The first-order valence-corrected chi connectivity index (χ1v) is 9.79. The Morgan fingerprint density at radius 2 is 1.67 bits per heavy atom. The van der Waals surface area contributed by atoms with Crippen LogP contribution in [0.1, 0.15) is 20.7 Å². The van der Waals surface area contributed by atoms with E-state index in [4.69, 9.17) is 0 Å². The third-order valence-corrected chi connectivity index (χ3v) is 6.09. The van der Waals surface area contributed by atoms with E-state index in [1.165, 1.54) is 44.4 Å². The lowest BCUT2D eigenvalue weighted by Gasteiger charge is -2.11. The van der Waals surface area contributed by atoms with Gasteiger partial charge in [-0.1, -0.05) is 0 Å². The SMILES string of the molecule is COC(=O)NC(=O)c1ccsc1NC(=O)c1ccc(S(=O)(=O)N(C)C)cc1. The molecule has 9 nitrogen and oxygen atoms in total. The van der Waals surface area contributed by atoms with Gasteiger partial charge in [-0.15, -0.1) is 11.3 Å². The van der Waals surface area contributed by atoms with Gasteiger partial charge in [0.2, 0.25) is 10.0 Å². The summed E-state index contributed by atoms with van der Waals surface area (Å²) in [6, 6.07) is 6.83. The molecule has 0 saturated heterocycles. The van der Waals surface area contributed by atoms with Crippen molar-refractivity contribution in [2.45, 2.75) is 4.90 Å². The maximum absolute atomic E-state index is 12.4. The predicted octanol–water partition coefficient (Wildman–Crippen LogP) is 1.75. The minimum atomic E-state index is -3.59. The van der Waals surface area contributed by atoms with Gasteiger partial charge in [0.25, 0.3) is 11.8 Å². The molecule has 0 spiro atoms. The summed E-state index contributed by atoms with van der Waals surface area (Å²) < 4.78 is 29.5. The van der Waals surface area contributed by atoms with E-state index in [9.17, 15) is 22.8 Å². The number of methoxy groups -OCH3 is 1. The average molecular weight is 411 g/mol. The van der Waals surface area contributed by atoms with Crippen LogP contribution in [0, 0.1) is 0 Å². The summed E-state index contributed by atoms with van der Waals surface area (Å²) in [6.45, 7) is 0. The molecule has 0 aliphatic rings. The van der Waals surface area contributed by atoms with Crippen molar-refractivity contribution in [2.24, 2.45) is 0 Å². The van der Waals surface area contributed by atoms with Crippen molar-refractivity contribution >= 4 is 44.3 Å². The number of imide groups is 1. The summed E-state index contributed by atoms with van der Waals surface area (Å²) in [5.41, 5.74) is 0.311. The second-order valence-electron chi connectivity index (χ2n) is 5.38.